The Balaban J connectivity index is 1.71. The van der Waals surface area contributed by atoms with E-state index in [9.17, 15) is 9.90 Å². The highest BCUT2D eigenvalue weighted by atomic mass is 16.4. The second kappa shape index (κ2) is 5.67. The zero-order chi connectivity index (χ0) is 14.2. The molecule has 0 amide bonds. The fourth-order valence-corrected chi connectivity index (χ4v) is 4.90. The number of aliphatic carboxylic acids is 1. The van der Waals surface area contributed by atoms with Gasteiger partial charge in [-0.1, -0.05) is 13.3 Å². The first-order chi connectivity index (χ1) is 9.61. The molecule has 3 nitrogen and oxygen atoms in total. The molecule has 3 aliphatic rings. The Bertz CT molecular complexity index is 360. The Kier molecular flexibility index (Phi) is 4.07. The summed E-state index contributed by atoms with van der Waals surface area (Å²) in [5.74, 6) is 1.03. The van der Waals surface area contributed by atoms with Crippen molar-refractivity contribution in [3.05, 3.63) is 0 Å². The molecule has 0 bridgehead atoms. The van der Waals surface area contributed by atoms with Gasteiger partial charge in [-0.3, -0.25) is 9.69 Å². The third-order valence-corrected chi connectivity index (χ3v) is 6.30. The van der Waals surface area contributed by atoms with Crippen LogP contribution in [0.4, 0.5) is 0 Å². The zero-order valence-corrected chi connectivity index (χ0v) is 12.8. The molecule has 114 valence electrons. The van der Waals surface area contributed by atoms with Crippen LogP contribution in [0.2, 0.25) is 0 Å². The van der Waals surface area contributed by atoms with Crippen molar-refractivity contribution in [2.75, 3.05) is 13.1 Å². The number of hydrogen-bond donors (Lipinski definition) is 1. The number of rotatable bonds is 3. The van der Waals surface area contributed by atoms with E-state index >= 15 is 0 Å². The molecule has 0 radical (unpaired) electrons. The maximum atomic E-state index is 11.9. The van der Waals surface area contributed by atoms with Gasteiger partial charge in [-0.15, -0.1) is 0 Å². The van der Waals surface area contributed by atoms with Gasteiger partial charge >= 0.3 is 5.97 Å². The molecule has 1 aliphatic heterocycles. The van der Waals surface area contributed by atoms with Crippen molar-refractivity contribution in [1.82, 2.24) is 4.90 Å². The quantitative estimate of drug-likeness (QED) is 0.859. The van der Waals surface area contributed by atoms with Crippen LogP contribution in [0.1, 0.15) is 64.7 Å². The molecule has 2 atom stereocenters. The highest BCUT2D eigenvalue weighted by molar-refractivity contribution is 5.75. The van der Waals surface area contributed by atoms with Crippen LogP contribution in [0, 0.1) is 17.3 Å². The van der Waals surface area contributed by atoms with E-state index in [0.717, 1.165) is 44.7 Å². The molecular weight excluding hydrogens is 250 g/mol. The van der Waals surface area contributed by atoms with Gasteiger partial charge in [-0.25, -0.2) is 0 Å². The number of carboxylic acids is 1. The minimum atomic E-state index is -0.537. The van der Waals surface area contributed by atoms with Crippen molar-refractivity contribution in [2.24, 2.45) is 17.3 Å². The molecule has 1 N–H and O–H groups in total. The van der Waals surface area contributed by atoms with Gasteiger partial charge in [0.15, 0.2) is 0 Å². The number of piperidine rings is 1. The summed E-state index contributed by atoms with van der Waals surface area (Å²) in [6.45, 7) is 4.21. The smallest absolute Gasteiger partial charge is 0.310 e. The van der Waals surface area contributed by atoms with Gasteiger partial charge in [0.2, 0.25) is 0 Å². The van der Waals surface area contributed by atoms with Crippen molar-refractivity contribution in [2.45, 2.75) is 70.8 Å². The minimum absolute atomic E-state index is 0.447. The average molecular weight is 279 g/mol. The molecular formula is C17H29NO2. The van der Waals surface area contributed by atoms with Gasteiger partial charge in [0, 0.05) is 12.6 Å². The van der Waals surface area contributed by atoms with E-state index in [-0.39, 0.29) is 0 Å². The molecule has 1 saturated heterocycles. The van der Waals surface area contributed by atoms with Gasteiger partial charge in [0.25, 0.3) is 0 Å². The van der Waals surface area contributed by atoms with E-state index in [1.807, 2.05) is 0 Å². The Labute approximate surface area is 122 Å². The third-order valence-electron chi connectivity index (χ3n) is 6.30. The Morgan fingerprint density at radius 1 is 1.15 bits per heavy atom. The van der Waals surface area contributed by atoms with E-state index in [4.69, 9.17) is 0 Å². The lowest BCUT2D eigenvalue weighted by Crippen LogP contribution is -2.51. The molecule has 3 fully saturated rings. The second-order valence-electron chi connectivity index (χ2n) is 7.64. The van der Waals surface area contributed by atoms with Crippen LogP contribution in [0.15, 0.2) is 0 Å². The molecule has 3 heteroatoms. The standard InChI is InChI=1S/C17H29NO2/c1-13-7-9-17(10-8-13,16(19)20)12-18-11-3-5-14-4-2-6-15(14)18/h13-15H,2-12H2,1H3,(H,19,20). The highest BCUT2D eigenvalue weighted by Gasteiger charge is 2.45. The number of carboxylic acid groups (broad SMARTS) is 1. The number of likely N-dealkylation sites (tertiary alicyclic amines) is 1. The molecule has 0 aromatic heterocycles. The maximum absolute atomic E-state index is 11.9. The minimum Gasteiger partial charge on any atom is -0.481 e. The average Bonchev–Trinajstić information content (AvgIpc) is 2.91. The van der Waals surface area contributed by atoms with Crippen LogP contribution < -0.4 is 0 Å². The summed E-state index contributed by atoms with van der Waals surface area (Å²) >= 11 is 0. The summed E-state index contributed by atoms with van der Waals surface area (Å²) in [6.07, 6.45) is 10.6. The summed E-state index contributed by atoms with van der Waals surface area (Å²) in [4.78, 5) is 14.5. The molecule has 2 aliphatic carbocycles. The molecule has 3 rings (SSSR count). The van der Waals surface area contributed by atoms with Crippen molar-refractivity contribution in [3.63, 3.8) is 0 Å². The first-order valence-electron chi connectivity index (χ1n) is 8.58. The van der Waals surface area contributed by atoms with Crippen molar-refractivity contribution in [3.8, 4) is 0 Å². The lowest BCUT2D eigenvalue weighted by Gasteiger charge is -2.45. The Hall–Kier alpha value is -0.570. The molecule has 0 aromatic rings. The first-order valence-corrected chi connectivity index (χ1v) is 8.58. The Morgan fingerprint density at radius 2 is 1.85 bits per heavy atom. The van der Waals surface area contributed by atoms with Gasteiger partial charge in [-0.2, -0.15) is 0 Å². The molecule has 20 heavy (non-hydrogen) atoms. The van der Waals surface area contributed by atoms with Crippen LogP contribution in [-0.4, -0.2) is 35.1 Å². The van der Waals surface area contributed by atoms with E-state index < -0.39 is 11.4 Å². The normalized spacial score (nSPS) is 42.4. The maximum Gasteiger partial charge on any atom is 0.310 e. The number of nitrogens with zero attached hydrogens (tertiary/aromatic N) is 1. The summed E-state index contributed by atoms with van der Waals surface area (Å²) in [7, 11) is 0. The van der Waals surface area contributed by atoms with E-state index in [2.05, 4.69) is 11.8 Å². The topological polar surface area (TPSA) is 40.5 Å². The first kappa shape index (κ1) is 14.4. The molecule has 1 heterocycles. The predicted octanol–water partition coefficient (Wildman–Crippen LogP) is 3.53. The zero-order valence-electron chi connectivity index (χ0n) is 12.8. The van der Waals surface area contributed by atoms with Crippen molar-refractivity contribution < 1.29 is 9.90 Å². The van der Waals surface area contributed by atoms with Crippen LogP contribution >= 0.6 is 0 Å². The van der Waals surface area contributed by atoms with Crippen molar-refractivity contribution >= 4 is 5.97 Å². The van der Waals surface area contributed by atoms with Crippen LogP contribution in [0.5, 0.6) is 0 Å². The summed E-state index contributed by atoms with van der Waals surface area (Å²) in [5.41, 5.74) is -0.447. The monoisotopic (exact) mass is 279 g/mol. The van der Waals surface area contributed by atoms with E-state index in [0.29, 0.717) is 12.0 Å². The van der Waals surface area contributed by atoms with Crippen LogP contribution in [0.3, 0.4) is 0 Å². The third kappa shape index (κ3) is 2.61. The number of hydrogen-bond acceptors (Lipinski definition) is 2. The highest BCUT2D eigenvalue weighted by Crippen LogP contribution is 2.43. The number of carbonyl (C=O) groups is 1. The lowest BCUT2D eigenvalue weighted by molar-refractivity contribution is -0.154. The van der Waals surface area contributed by atoms with E-state index in [1.54, 1.807) is 0 Å². The predicted molar refractivity (Wildman–Crippen MR) is 79.6 cm³/mol. The largest absolute Gasteiger partial charge is 0.481 e. The molecule has 2 saturated carbocycles. The summed E-state index contributed by atoms with van der Waals surface area (Å²) in [6, 6.07) is 0.694. The van der Waals surface area contributed by atoms with Gasteiger partial charge in [0.1, 0.15) is 0 Å². The summed E-state index contributed by atoms with van der Waals surface area (Å²) in [5, 5.41) is 9.82. The lowest BCUT2D eigenvalue weighted by atomic mass is 9.70. The fraction of sp³-hybridized carbons (Fsp3) is 0.941. The number of fused-ring (bicyclic) bond motifs is 1. The SMILES string of the molecule is CC1CCC(CN2CCCC3CCCC32)(C(=O)O)CC1. The van der Waals surface area contributed by atoms with E-state index in [1.165, 1.54) is 32.1 Å². The summed E-state index contributed by atoms with van der Waals surface area (Å²) < 4.78 is 0. The van der Waals surface area contributed by atoms with Gasteiger partial charge < -0.3 is 5.11 Å². The van der Waals surface area contributed by atoms with Crippen molar-refractivity contribution in [1.29, 1.82) is 0 Å². The molecule has 2 unspecified atom stereocenters. The fourth-order valence-electron chi connectivity index (χ4n) is 4.90. The Morgan fingerprint density at radius 3 is 2.55 bits per heavy atom. The molecule has 0 spiro atoms. The van der Waals surface area contributed by atoms with Gasteiger partial charge in [0.05, 0.1) is 5.41 Å². The molecule has 0 aromatic carbocycles. The van der Waals surface area contributed by atoms with Crippen LogP contribution in [-0.2, 0) is 4.79 Å². The van der Waals surface area contributed by atoms with Crippen LogP contribution in [0.25, 0.3) is 0 Å². The second-order valence-corrected chi connectivity index (χ2v) is 7.64. The van der Waals surface area contributed by atoms with Gasteiger partial charge in [-0.05, 0) is 69.7 Å².